The van der Waals surface area contributed by atoms with E-state index in [1.807, 2.05) is 19.2 Å². The molecule has 3 nitrogen and oxygen atoms in total. The second kappa shape index (κ2) is 6.16. The van der Waals surface area contributed by atoms with Crippen molar-refractivity contribution >= 4 is 30.6 Å². The van der Waals surface area contributed by atoms with Crippen LogP contribution in [0.15, 0.2) is 18.3 Å². The van der Waals surface area contributed by atoms with Crippen molar-refractivity contribution in [2.45, 2.75) is 31.8 Å². The zero-order chi connectivity index (χ0) is 9.26. The van der Waals surface area contributed by atoms with Gasteiger partial charge in [-0.3, -0.25) is 0 Å². The van der Waals surface area contributed by atoms with Crippen molar-refractivity contribution in [3.05, 3.63) is 23.9 Å². The van der Waals surface area contributed by atoms with E-state index >= 15 is 0 Å². The number of nitrogens with one attached hydrogen (secondary N) is 1. The average molecular weight is 250 g/mol. The van der Waals surface area contributed by atoms with Crippen molar-refractivity contribution in [2.24, 2.45) is 5.73 Å². The topological polar surface area (TPSA) is 50.9 Å². The molecule has 0 spiro atoms. The molecular formula is C10H17Cl2N3. The van der Waals surface area contributed by atoms with E-state index in [2.05, 4.69) is 16.4 Å². The number of halogens is 2. The first kappa shape index (κ1) is 14.5. The van der Waals surface area contributed by atoms with Crippen LogP contribution in [0, 0.1) is 6.92 Å². The summed E-state index contributed by atoms with van der Waals surface area (Å²) < 4.78 is 0. The Kier molecular flexibility index (Phi) is 5.95. The van der Waals surface area contributed by atoms with Crippen LogP contribution in [-0.4, -0.2) is 17.1 Å². The van der Waals surface area contributed by atoms with Gasteiger partial charge in [0.15, 0.2) is 0 Å². The fraction of sp³-hybridized carbons (Fsp3) is 0.500. The number of nitrogens with zero attached hydrogens (tertiary/aromatic N) is 1. The molecule has 0 bridgehead atoms. The van der Waals surface area contributed by atoms with Gasteiger partial charge in [0.05, 0.1) is 0 Å². The van der Waals surface area contributed by atoms with Gasteiger partial charge >= 0.3 is 0 Å². The maximum atomic E-state index is 5.69. The lowest BCUT2D eigenvalue weighted by molar-refractivity contribution is 0.373. The van der Waals surface area contributed by atoms with E-state index in [4.69, 9.17) is 5.73 Å². The molecule has 0 radical (unpaired) electrons. The van der Waals surface area contributed by atoms with Gasteiger partial charge in [0.2, 0.25) is 0 Å². The molecule has 5 heteroatoms. The van der Waals surface area contributed by atoms with Crippen molar-refractivity contribution < 1.29 is 0 Å². The predicted molar refractivity (Wildman–Crippen MR) is 68.1 cm³/mol. The maximum absolute atomic E-state index is 5.69. The van der Waals surface area contributed by atoms with E-state index < -0.39 is 0 Å². The van der Waals surface area contributed by atoms with Gasteiger partial charge in [-0.1, -0.05) is 6.07 Å². The van der Waals surface area contributed by atoms with Gasteiger partial charge in [-0.25, -0.2) is 4.98 Å². The van der Waals surface area contributed by atoms with E-state index in [-0.39, 0.29) is 24.8 Å². The van der Waals surface area contributed by atoms with E-state index in [9.17, 15) is 0 Å². The van der Waals surface area contributed by atoms with Gasteiger partial charge in [0, 0.05) is 18.3 Å². The standard InChI is InChI=1S/C10H15N3.2ClH/c1-7-2-3-10(12-6-7)13-9-4-8(11)5-9;;/h2-3,6,8-9H,4-5,11H2,1H3,(H,12,13);2*1H/t8-,9+;;. The molecule has 0 amide bonds. The summed E-state index contributed by atoms with van der Waals surface area (Å²) in [5.74, 6) is 0.961. The van der Waals surface area contributed by atoms with Crippen LogP contribution in [0.25, 0.3) is 0 Å². The third-order valence-electron chi connectivity index (χ3n) is 2.44. The van der Waals surface area contributed by atoms with Gasteiger partial charge in [0.1, 0.15) is 5.82 Å². The zero-order valence-corrected chi connectivity index (χ0v) is 10.3. The SMILES string of the molecule is Cc1ccc(N[C@H]2C[C@@H](N)C2)nc1.Cl.Cl. The number of rotatable bonds is 2. The lowest BCUT2D eigenvalue weighted by atomic mass is 9.88. The summed E-state index contributed by atoms with van der Waals surface area (Å²) in [5.41, 5.74) is 6.88. The number of nitrogens with two attached hydrogens (primary N) is 1. The third-order valence-corrected chi connectivity index (χ3v) is 2.44. The minimum Gasteiger partial charge on any atom is -0.367 e. The molecule has 15 heavy (non-hydrogen) atoms. The summed E-state index contributed by atoms with van der Waals surface area (Å²) in [7, 11) is 0. The zero-order valence-electron chi connectivity index (χ0n) is 8.64. The molecule has 1 aliphatic carbocycles. The minimum atomic E-state index is 0. The van der Waals surface area contributed by atoms with Gasteiger partial charge in [-0.05, 0) is 31.4 Å². The highest BCUT2D eigenvalue weighted by Gasteiger charge is 2.25. The molecule has 1 fully saturated rings. The molecule has 1 saturated carbocycles. The van der Waals surface area contributed by atoms with Crippen molar-refractivity contribution in [3.63, 3.8) is 0 Å². The summed E-state index contributed by atoms with van der Waals surface area (Å²) in [4.78, 5) is 4.27. The van der Waals surface area contributed by atoms with Crippen molar-refractivity contribution in [2.75, 3.05) is 5.32 Å². The largest absolute Gasteiger partial charge is 0.367 e. The third kappa shape index (κ3) is 3.86. The number of hydrogen-bond acceptors (Lipinski definition) is 3. The average Bonchev–Trinajstić information content (AvgIpc) is 2.06. The van der Waals surface area contributed by atoms with Gasteiger partial charge in [-0.2, -0.15) is 0 Å². The first-order valence-corrected chi connectivity index (χ1v) is 4.69. The number of hydrogen-bond donors (Lipinski definition) is 2. The lowest BCUT2D eigenvalue weighted by Crippen LogP contribution is -2.44. The predicted octanol–water partition coefficient (Wildman–Crippen LogP) is 2.14. The molecular weight excluding hydrogens is 233 g/mol. The van der Waals surface area contributed by atoms with Gasteiger partial charge in [0.25, 0.3) is 0 Å². The Labute approximate surface area is 103 Å². The Morgan fingerprint density at radius 2 is 2.00 bits per heavy atom. The van der Waals surface area contributed by atoms with E-state index in [1.165, 1.54) is 5.56 Å². The molecule has 1 aromatic rings. The highest BCUT2D eigenvalue weighted by Crippen LogP contribution is 2.21. The molecule has 0 unspecified atom stereocenters. The normalized spacial score (nSPS) is 23.1. The summed E-state index contributed by atoms with van der Waals surface area (Å²) in [5, 5.41) is 3.34. The second-order valence-electron chi connectivity index (χ2n) is 3.79. The smallest absolute Gasteiger partial charge is 0.126 e. The van der Waals surface area contributed by atoms with Crippen LogP contribution in [0.1, 0.15) is 18.4 Å². The van der Waals surface area contributed by atoms with Crippen LogP contribution in [0.3, 0.4) is 0 Å². The number of anilines is 1. The Bertz CT molecular complexity index is 283. The second-order valence-corrected chi connectivity index (χ2v) is 3.79. The summed E-state index contributed by atoms with van der Waals surface area (Å²) in [6.45, 7) is 2.04. The van der Waals surface area contributed by atoms with Crippen molar-refractivity contribution in [3.8, 4) is 0 Å². The quantitative estimate of drug-likeness (QED) is 0.845. The molecule has 2 rings (SSSR count). The van der Waals surface area contributed by atoms with Crippen LogP contribution in [0.2, 0.25) is 0 Å². The lowest BCUT2D eigenvalue weighted by Gasteiger charge is -2.33. The summed E-state index contributed by atoms with van der Waals surface area (Å²) >= 11 is 0. The molecule has 86 valence electrons. The molecule has 1 aliphatic rings. The fourth-order valence-corrected chi connectivity index (χ4v) is 1.54. The minimum absolute atomic E-state index is 0. The number of aromatic nitrogens is 1. The summed E-state index contributed by atoms with van der Waals surface area (Å²) in [6, 6.07) is 5.00. The van der Waals surface area contributed by atoms with Gasteiger partial charge < -0.3 is 11.1 Å². The van der Waals surface area contributed by atoms with Crippen LogP contribution < -0.4 is 11.1 Å². The highest BCUT2D eigenvalue weighted by molar-refractivity contribution is 5.85. The molecule has 0 aliphatic heterocycles. The first-order chi connectivity index (χ1) is 6.24. The van der Waals surface area contributed by atoms with E-state index in [0.717, 1.165) is 18.7 Å². The fourth-order valence-electron chi connectivity index (χ4n) is 1.54. The molecule has 3 N–H and O–H groups in total. The molecule has 0 aromatic carbocycles. The Hall–Kier alpha value is -0.510. The van der Waals surface area contributed by atoms with Crippen LogP contribution in [0.5, 0.6) is 0 Å². The Balaban J connectivity index is 0.000000980. The molecule has 1 aromatic heterocycles. The van der Waals surface area contributed by atoms with Crippen LogP contribution in [-0.2, 0) is 0 Å². The number of pyridine rings is 1. The maximum Gasteiger partial charge on any atom is 0.126 e. The van der Waals surface area contributed by atoms with Crippen LogP contribution in [0.4, 0.5) is 5.82 Å². The monoisotopic (exact) mass is 249 g/mol. The summed E-state index contributed by atoms with van der Waals surface area (Å²) in [6.07, 6.45) is 4.01. The molecule has 0 atom stereocenters. The van der Waals surface area contributed by atoms with E-state index in [1.54, 1.807) is 0 Å². The molecule has 1 heterocycles. The van der Waals surface area contributed by atoms with E-state index in [0.29, 0.717) is 12.1 Å². The van der Waals surface area contributed by atoms with Crippen molar-refractivity contribution in [1.82, 2.24) is 4.98 Å². The highest BCUT2D eigenvalue weighted by atomic mass is 35.5. The number of aryl methyl sites for hydroxylation is 1. The van der Waals surface area contributed by atoms with Crippen LogP contribution >= 0.6 is 24.8 Å². The van der Waals surface area contributed by atoms with Crippen molar-refractivity contribution in [1.29, 1.82) is 0 Å². The van der Waals surface area contributed by atoms with Gasteiger partial charge in [-0.15, -0.1) is 24.8 Å². The Morgan fingerprint density at radius 3 is 2.47 bits per heavy atom. The first-order valence-electron chi connectivity index (χ1n) is 4.69. The molecule has 0 saturated heterocycles. The Morgan fingerprint density at radius 1 is 1.33 bits per heavy atom.